The Hall–Kier alpha value is -0.890. The third-order valence-electron chi connectivity index (χ3n) is 5.93. The molecule has 1 saturated heterocycles. The van der Waals surface area contributed by atoms with Gasteiger partial charge in [-0.3, -0.25) is 9.08 Å². The Labute approximate surface area is 151 Å². The van der Waals surface area contributed by atoms with Crippen molar-refractivity contribution >= 4 is 10.3 Å². The van der Waals surface area contributed by atoms with Crippen molar-refractivity contribution in [2.45, 2.75) is 69.9 Å². The largest absolute Gasteiger partial charge is 0.353 e. The summed E-state index contributed by atoms with van der Waals surface area (Å²) in [6.45, 7) is 4.96. The summed E-state index contributed by atoms with van der Waals surface area (Å²) < 4.78 is 27.9. The van der Waals surface area contributed by atoms with E-state index in [4.69, 9.17) is 5.14 Å². The summed E-state index contributed by atoms with van der Waals surface area (Å²) in [5.74, 6) is 0. The van der Waals surface area contributed by atoms with Crippen molar-refractivity contribution in [2.75, 3.05) is 13.1 Å². The van der Waals surface area contributed by atoms with E-state index in [2.05, 4.69) is 39.9 Å². The van der Waals surface area contributed by atoms with Crippen LogP contribution in [0.3, 0.4) is 0 Å². The van der Waals surface area contributed by atoms with Gasteiger partial charge in [0, 0.05) is 25.5 Å². The lowest BCUT2D eigenvalue weighted by atomic mass is 9.87. The summed E-state index contributed by atoms with van der Waals surface area (Å²) in [6, 6.07) is 2.30. The zero-order valence-electron chi connectivity index (χ0n) is 15.4. The van der Waals surface area contributed by atoms with Crippen molar-refractivity contribution < 1.29 is 12.6 Å². The molecule has 6 nitrogen and oxygen atoms in total. The van der Waals surface area contributed by atoms with Crippen LogP contribution in [0, 0.1) is 0 Å². The van der Waals surface area contributed by atoms with Gasteiger partial charge >= 0.3 is 10.3 Å². The average molecular weight is 370 g/mol. The van der Waals surface area contributed by atoms with Crippen LogP contribution in [0.1, 0.15) is 63.1 Å². The molecular weight excluding hydrogens is 338 g/mol. The molecule has 1 atom stereocenters. The molecule has 7 heteroatoms. The molecule has 4 rings (SSSR count). The molecule has 1 aromatic rings. The maximum Gasteiger partial charge on any atom is 0.333 e. The molecule has 3 aliphatic rings. The molecule has 2 aliphatic heterocycles. The second-order valence-corrected chi connectivity index (χ2v) is 8.94. The fourth-order valence-corrected chi connectivity index (χ4v) is 5.33. The third kappa shape index (κ3) is 4.27. The number of fused-ring (bicyclic) bond motifs is 3. The maximum absolute atomic E-state index is 10.5. The minimum atomic E-state index is -3.72. The summed E-state index contributed by atoms with van der Waals surface area (Å²) in [4.78, 5) is 2.66. The molecule has 3 heterocycles. The molecule has 1 aliphatic carbocycles. The quantitative estimate of drug-likeness (QED) is 0.868. The second-order valence-electron chi connectivity index (χ2n) is 7.76. The molecule has 0 spiro atoms. The van der Waals surface area contributed by atoms with E-state index in [1.165, 1.54) is 38.8 Å². The van der Waals surface area contributed by atoms with Crippen LogP contribution in [0.5, 0.6) is 0 Å². The van der Waals surface area contributed by atoms with E-state index in [9.17, 15) is 8.42 Å². The first-order valence-electron chi connectivity index (χ1n) is 9.40. The zero-order valence-corrected chi connectivity index (χ0v) is 16.2. The van der Waals surface area contributed by atoms with Crippen LogP contribution in [-0.2, 0) is 33.5 Å². The van der Waals surface area contributed by atoms with E-state index in [1.807, 2.05) is 0 Å². The molecule has 2 fully saturated rings. The Bertz CT molecular complexity index is 694. The van der Waals surface area contributed by atoms with Gasteiger partial charge in [-0.15, -0.1) is 0 Å². The van der Waals surface area contributed by atoms with Gasteiger partial charge in [-0.05, 0) is 57.2 Å². The lowest BCUT2D eigenvalue weighted by Crippen LogP contribution is -2.44. The first kappa shape index (κ1) is 18.9. The van der Waals surface area contributed by atoms with E-state index in [-0.39, 0.29) is 6.10 Å². The minimum absolute atomic E-state index is 0.168. The topological polar surface area (TPSA) is 77.6 Å². The van der Waals surface area contributed by atoms with Crippen molar-refractivity contribution in [3.8, 4) is 0 Å². The Balaban J connectivity index is 0.000000151. The molecule has 142 valence electrons. The number of rotatable bonds is 2. The monoisotopic (exact) mass is 369 g/mol. The van der Waals surface area contributed by atoms with Gasteiger partial charge in [0.2, 0.25) is 0 Å². The molecule has 1 aromatic heterocycles. The minimum Gasteiger partial charge on any atom is -0.353 e. The van der Waals surface area contributed by atoms with E-state index < -0.39 is 10.3 Å². The van der Waals surface area contributed by atoms with Gasteiger partial charge in [-0.2, -0.15) is 8.42 Å². The van der Waals surface area contributed by atoms with E-state index in [0.29, 0.717) is 5.54 Å². The molecule has 1 saturated carbocycles. The average Bonchev–Trinajstić information content (AvgIpc) is 3.10. The highest BCUT2D eigenvalue weighted by molar-refractivity contribution is 7.84. The van der Waals surface area contributed by atoms with Crippen LogP contribution in [0.2, 0.25) is 0 Å². The first-order valence-corrected chi connectivity index (χ1v) is 10.9. The second kappa shape index (κ2) is 7.39. The normalized spacial score (nSPS) is 27.3. The predicted molar refractivity (Wildman–Crippen MR) is 98.3 cm³/mol. The van der Waals surface area contributed by atoms with E-state index in [0.717, 1.165) is 25.7 Å². The van der Waals surface area contributed by atoms with Crippen LogP contribution in [0.4, 0.5) is 0 Å². The van der Waals surface area contributed by atoms with Gasteiger partial charge < -0.3 is 4.57 Å². The fourth-order valence-electron chi connectivity index (χ4n) is 4.76. The highest BCUT2D eigenvalue weighted by Crippen LogP contribution is 2.43. The number of hydrogen-bond donors (Lipinski definition) is 1. The van der Waals surface area contributed by atoms with Crippen LogP contribution in [0.25, 0.3) is 0 Å². The van der Waals surface area contributed by atoms with Crippen molar-refractivity contribution in [1.29, 1.82) is 0 Å². The summed E-state index contributed by atoms with van der Waals surface area (Å²) in [5, 5.41) is 4.72. The molecule has 0 bridgehead atoms. The molecular formula is C18H31N3O3S. The first-order chi connectivity index (χ1) is 11.8. The van der Waals surface area contributed by atoms with Crippen LogP contribution in [0.15, 0.2) is 12.3 Å². The summed E-state index contributed by atoms with van der Waals surface area (Å²) in [5.41, 5.74) is 3.49. The lowest BCUT2D eigenvalue weighted by molar-refractivity contribution is 0.135. The molecule has 1 unspecified atom stereocenters. The summed E-state index contributed by atoms with van der Waals surface area (Å²) in [6.07, 6.45) is 10.9. The molecule has 0 radical (unpaired) electrons. The Morgan fingerprint density at radius 3 is 2.60 bits per heavy atom. The highest BCUT2D eigenvalue weighted by atomic mass is 32.2. The number of hydrogen-bond acceptors (Lipinski definition) is 4. The van der Waals surface area contributed by atoms with Crippen molar-refractivity contribution in [1.82, 2.24) is 9.47 Å². The van der Waals surface area contributed by atoms with Crippen molar-refractivity contribution in [2.24, 2.45) is 12.2 Å². The molecule has 0 amide bonds. The van der Waals surface area contributed by atoms with Gasteiger partial charge in [-0.1, -0.05) is 19.3 Å². The smallest absolute Gasteiger partial charge is 0.333 e. The molecule has 25 heavy (non-hydrogen) atoms. The van der Waals surface area contributed by atoms with E-state index >= 15 is 0 Å². The zero-order chi connectivity index (χ0) is 18.1. The maximum atomic E-state index is 10.5. The van der Waals surface area contributed by atoms with Gasteiger partial charge in [-0.25, -0.2) is 5.14 Å². The van der Waals surface area contributed by atoms with Gasteiger partial charge in [0.25, 0.3) is 0 Å². The standard InChI is InChI=1S/C12H18N2.C6H13NO3S/c1-12-6-3-7-14(12)9-5-10-4-8-13(2)11(10)12;7-11(8,9)10-6-4-2-1-3-5-6/h4,8H,3,5-7,9H2,1-2H3;6H,1-5H2,(H2,7,8,9). The van der Waals surface area contributed by atoms with E-state index in [1.54, 1.807) is 11.3 Å². The lowest BCUT2D eigenvalue weighted by Gasteiger charge is -2.40. The Morgan fingerprint density at radius 2 is 1.92 bits per heavy atom. The number of aryl methyl sites for hydroxylation is 1. The van der Waals surface area contributed by atoms with Crippen LogP contribution >= 0.6 is 0 Å². The number of aromatic nitrogens is 1. The molecule has 2 N–H and O–H groups in total. The Kier molecular flexibility index (Phi) is 5.58. The Morgan fingerprint density at radius 1 is 1.20 bits per heavy atom. The fraction of sp³-hybridized carbons (Fsp3) is 0.778. The van der Waals surface area contributed by atoms with Gasteiger partial charge in [0.15, 0.2) is 0 Å². The van der Waals surface area contributed by atoms with Crippen molar-refractivity contribution in [3.63, 3.8) is 0 Å². The molecule has 0 aromatic carbocycles. The summed E-state index contributed by atoms with van der Waals surface area (Å²) in [7, 11) is -1.54. The van der Waals surface area contributed by atoms with Crippen LogP contribution in [-0.4, -0.2) is 37.1 Å². The summed E-state index contributed by atoms with van der Waals surface area (Å²) >= 11 is 0. The van der Waals surface area contributed by atoms with Crippen LogP contribution < -0.4 is 5.14 Å². The van der Waals surface area contributed by atoms with Crippen molar-refractivity contribution in [3.05, 3.63) is 23.5 Å². The number of nitrogens with two attached hydrogens (primary N) is 1. The predicted octanol–water partition coefficient (Wildman–Crippen LogP) is 2.43. The SMILES string of the molecule is Cn1ccc2c1C1(C)CCCN1CC2.NS(=O)(=O)OC1CCCCC1. The van der Waals surface area contributed by atoms with Gasteiger partial charge in [0.1, 0.15) is 0 Å². The third-order valence-corrected chi connectivity index (χ3v) is 6.47. The van der Waals surface area contributed by atoms with Gasteiger partial charge in [0.05, 0.1) is 11.6 Å². The highest BCUT2D eigenvalue weighted by Gasteiger charge is 2.43. The number of nitrogens with zero attached hydrogens (tertiary/aromatic N) is 2.